The lowest BCUT2D eigenvalue weighted by Crippen LogP contribution is -2.52. The summed E-state index contributed by atoms with van der Waals surface area (Å²) < 4.78 is 65.4. The minimum Gasteiger partial charge on any atom is -0.482 e. The van der Waals surface area contributed by atoms with Crippen molar-refractivity contribution in [3.8, 4) is 5.75 Å². The number of amides is 2. The fourth-order valence-corrected chi connectivity index (χ4v) is 6.60. The molecule has 1 fully saturated rings. The summed E-state index contributed by atoms with van der Waals surface area (Å²) in [5.74, 6) is -3.70. The Morgan fingerprint density at radius 3 is 2.66 bits per heavy atom. The van der Waals surface area contributed by atoms with Crippen molar-refractivity contribution in [1.29, 1.82) is 0 Å². The van der Waals surface area contributed by atoms with E-state index in [-0.39, 0.29) is 36.7 Å². The third-order valence-corrected chi connectivity index (χ3v) is 9.28. The van der Waals surface area contributed by atoms with Crippen molar-refractivity contribution in [3.63, 3.8) is 0 Å². The van der Waals surface area contributed by atoms with Crippen LogP contribution in [0.25, 0.3) is 0 Å². The van der Waals surface area contributed by atoms with Gasteiger partial charge in [-0.15, -0.1) is 0 Å². The van der Waals surface area contributed by atoms with Gasteiger partial charge in [0.25, 0.3) is 11.8 Å². The molecule has 2 bridgehead atoms. The molecule has 5 rings (SSSR count). The van der Waals surface area contributed by atoms with Crippen molar-refractivity contribution in [1.82, 2.24) is 14.8 Å². The highest BCUT2D eigenvalue weighted by molar-refractivity contribution is 7.46. The van der Waals surface area contributed by atoms with Gasteiger partial charge < -0.3 is 48.4 Å². The number of hydrogen-bond acceptors (Lipinski definition) is 12. The van der Waals surface area contributed by atoms with E-state index in [0.717, 1.165) is 12.1 Å². The Hall–Kier alpha value is -4.58. The highest BCUT2D eigenvalue weighted by Gasteiger charge is 2.55. The van der Waals surface area contributed by atoms with Gasteiger partial charge in [-0.05, 0) is 32.3 Å². The third kappa shape index (κ3) is 7.75. The monoisotopic (exact) mass is 728 g/mol. The van der Waals surface area contributed by atoms with Crippen LogP contribution in [0, 0.1) is 11.6 Å². The number of ether oxygens (including phenoxy) is 4. The first-order valence-electron chi connectivity index (χ1n) is 15.4. The summed E-state index contributed by atoms with van der Waals surface area (Å²) in [7, 11) is -3.44. The van der Waals surface area contributed by atoms with Gasteiger partial charge in [-0.1, -0.05) is 18.1 Å². The smallest absolute Gasteiger partial charge is 0.482 e. The van der Waals surface area contributed by atoms with Gasteiger partial charge in [0, 0.05) is 37.0 Å². The van der Waals surface area contributed by atoms with Gasteiger partial charge in [0.15, 0.2) is 11.3 Å². The van der Waals surface area contributed by atoms with Crippen molar-refractivity contribution in [3.05, 3.63) is 63.1 Å². The number of pyridine rings is 1. The van der Waals surface area contributed by atoms with Crippen LogP contribution in [0.1, 0.15) is 72.0 Å². The van der Waals surface area contributed by atoms with Gasteiger partial charge in [0.1, 0.15) is 29.9 Å². The fraction of sp³-hybridized carbons (Fsp3) is 0.500. The Balaban J connectivity index is 1.47. The number of halogens is 2. The predicted molar refractivity (Wildman–Crippen MR) is 165 cm³/mol. The summed E-state index contributed by atoms with van der Waals surface area (Å²) in [5, 5.41) is 6.48. The van der Waals surface area contributed by atoms with Gasteiger partial charge in [-0.3, -0.25) is 18.9 Å². The minimum atomic E-state index is -4.87. The number of hydrogen-bond donors (Lipinski definition) is 3. The number of nitrogens with zero attached hydrogens (tertiary/aromatic N) is 3. The summed E-state index contributed by atoms with van der Waals surface area (Å²) in [4.78, 5) is 79.1. The van der Waals surface area contributed by atoms with Crippen molar-refractivity contribution >= 4 is 31.7 Å². The van der Waals surface area contributed by atoms with Crippen LogP contribution >= 0.6 is 7.82 Å². The molecule has 2 aromatic rings. The van der Waals surface area contributed by atoms with Gasteiger partial charge in [-0.2, -0.15) is 0 Å². The second-order valence-corrected chi connectivity index (χ2v) is 13.0. The maximum absolute atomic E-state index is 14.3. The summed E-state index contributed by atoms with van der Waals surface area (Å²) in [6.45, 7) is 1.45. The molecule has 3 aliphatic heterocycles. The molecule has 3 aliphatic rings. The topological polar surface area (TPSA) is 214 Å². The Kier molecular flexibility index (Phi) is 10.8. The molecular weight excluding hydrogens is 693 g/mol. The number of rotatable bonds is 11. The first-order chi connectivity index (χ1) is 23.7. The largest absolute Gasteiger partial charge is 0.511 e. The van der Waals surface area contributed by atoms with Gasteiger partial charge in [0.2, 0.25) is 23.9 Å². The van der Waals surface area contributed by atoms with Crippen LogP contribution in [0.15, 0.2) is 34.3 Å². The fourth-order valence-electron chi connectivity index (χ4n) is 6.00. The van der Waals surface area contributed by atoms with E-state index in [1.807, 2.05) is 6.92 Å². The number of phosphoric acid groups is 1. The molecule has 17 nitrogen and oxygen atoms in total. The van der Waals surface area contributed by atoms with E-state index in [4.69, 9.17) is 33.6 Å². The SMILES string of the molecule is CC[C@H](COC(=O)OCOc1c2n(cc(C(=O)NCc3ccc(F)cc3F)c1=O)[C@@H]1CN(C2=O)[C@@H](C)CC[C@]12CC(OC)=NO2)OP(=O)(O)O. The van der Waals surface area contributed by atoms with Gasteiger partial charge in [-0.25, -0.2) is 18.1 Å². The van der Waals surface area contributed by atoms with Crippen molar-refractivity contribution < 1.29 is 65.8 Å². The highest BCUT2D eigenvalue weighted by atomic mass is 31.2. The Bertz CT molecular complexity index is 1800. The van der Waals surface area contributed by atoms with E-state index >= 15 is 0 Å². The van der Waals surface area contributed by atoms with Crippen LogP contribution in [0.4, 0.5) is 13.6 Å². The molecule has 0 radical (unpaired) electrons. The average molecular weight is 729 g/mol. The second-order valence-electron chi connectivity index (χ2n) is 11.9. The summed E-state index contributed by atoms with van der Waals surface area (Å²) in [5.41, 5.74) is -2.99. The normalized spacial score (nSPS) is 21.8. The molecule has 272 valence electrons. The first kappa shape index (κ1) is 36.7. The molecule has 2 amide bonds. The highest BCUT2D eigenvalue weighted by Crippen LogP contribution is 2.46. The van der Waals surface area contributed by atoms with Crippen LogP contribution in [0.3, 0.4) is 0 Å². The van der Waals surface area contributed by atoms with E-state index < -0.39 is 91.9 Å². The minimum absolute atomic E-state index is 0.0659. The van der Waals surface area contributed by atoms with Crippen LogP contribution in [-0.2, 0) is 34.7 Å². The zero-order valence-corrected chi connectivity index (χ0v) is 28.0. The number of oxime groups is 1. The first-order valence-corrected chi connectivity index (χ1v) is 17.0. The molecule has 1 aromatic heterocycles. The number of methoxy groups -OCH3 is 1. The summed E-state index contributed by atoms with van der Waals surface area (Å²) in [6, 6.07) is 1.72. The van der Waals surface area contributed by atoms with E-state index in [2.05, 4.69) is 15.0 Å². The molecule has 20 heteroatoms. The van der Waals surface area contributed by atoms with Crippen LogP contribution < -0.4 is 15.5 Å². The van der Waals surface area contributed by atoms with Gasteiger partial charge >= 0.3 is 14.0 Å². The summed E-state index contributed by atoms with van der Waals surface area (Å²) >= 11 is 0. The molecule has 0 aliphatic carbocycles. The number of benzene rings is 1. The second kappa shape index (κ2) is 14.7. The molecule has 0 saturated carbocycles. The van der Waals surface area contributed by atoms with Crippen LogP contribution in [0.5, 0.6) is 5.75 Å². The maximum Gasteiger partial charge on any atom is 0.511 e. The molecule has 4 atom stereocenters. The van der Waals surface area contributed by atoms with E-state index in [9.17, 15) is 32.5 Å². The molecule has 3 N–H and O–H groups in total. The average Bonchev–Trinajstić information content (AvgIpc) is 3.44. The molecule has 50 heavy (non-hydrogen) atoms. The number of aromatic nitrogens is 1. The number of phosphoric ester groups is 1. The lowest BCUT2D eigenvalue weighted by atomic mass is 9.85. The van der Waals surface area contributed by atoms with Gasteiger partial charge in [0.05, 0.1) is 19.6 Å². The lowest BCUT2D eigenvalue weighted by Gasteiger charge is -2.42. The Morgan fingerprint density at radius 2 is 2.00 bits per heavy atom. The molecule has 1 spiro atoms. The van der Waals surface area contributed by atoms with E-state index in [1.165, 1.54) is 29.7 Å². The van der Waals surface area contributed by atoms with Crippen molar-refractivity contribution in [2.45, 2.75) is 69.9 Å². The maximum atomic E-state index is 14.3. The molecule has 1 aromatic carbocycles. The van der Waals surface area contributed by atoms with Crippen molar-refractivity contribution in [2.75, 3.05) is 27.1 Å². The predicted octanol–water partition coefficient (Wildman–Crippen LogP) is 2.73. The van der Waals surface area contributed by atoms with E-state index in [0.29, 0.717) is 24.8 Å². The number of fused-ring (bicyclic) bond motifs is 5. The quantitative estimate of drug-likeness (QED) is 0.173. The van der Waals surface area contributed by atoms with Crippen LogP contribution in [-0.4, -0.2) is 87.9 Å². The Morgan fingerprint density at radius 1 is 1.24 bits per heavy atom. The lowest BCUT2D eigenvalue weighted by molar-refractivity contribution is -0.0658. The molecular formula is C30H35F2N4O13P. The number of carbonyl (C=O) groups excluding carboxylic acids is 3. The summed E-state index contributed by atoms with van der Waals surface area (Å²) in [6.07, 6.45) is -0.180. The van der Waals surface area contributed by atoms with Crippen molar-refractivity contribution in [2.24, 2.45) is 5.16 Å². The zero-order valence-electron chi connectivity index (χ0n) is 27.1. The number of nitrogens with one attached hydrogen (secondary N) is 1. The van der Waals surface area contributed by atoms with Crippen LogP contribution in [0.2, 0.25) is 0 Å². The molecule has 4 heterocycles. The molecule has 0 unspecified atom stereocenters. The number of carbonyl (C=O) groups is 3. The zero-order chi connectivity index (χ0) is 36.4. The standard InChI is InChI=1S/C30H35F2N4O13P/c1-4-19(48-50(41,42)43)14-45-29(40)47-15-46-26-24-28(39)35-13-22(30(8-7-16(35)2)10-23(44-3)34-49-30)36(24)12-20(25(26)37)27(38)33-11-17-5-6-18(31)9-21(17)32/h5-6,9,12,16,19,22H,4,7-8,10-11,13-15H2,1-3H3,(H,33,38)(H2,41,42,43)/t16-,19+,22+,30-/m0/s1. The third-order valence-electron chi connectivity index (χ3n) is 8.71. The van der Waals surface area contributed by atoms with E-state index in [1.54, 1.807) is 0 Å². The molecule has 1 saturated heterocycles. The Labute approximate surface area is 283 Å².